The molecule has 3 nitrogen and oxygen atoms in total. The summed E-state index contributed by atoms with van der Waals surface area (Å²) < 4.78 is 0. The Kier molecular flexibility index (Phi) is 4.52. The molecule has 2 N–H and O–H groups in total. The van der Waals surface area contributed by atoms with Crippen molar-refractivity contribution in [3.8, 4) is 11.8 Å². The molecule has 0 aliphatic heterocycles. The quantitative estimate of drug-likeness (QED) is 0.694. The molecule has 0 radical (unpaired) electrons. The molecule has 0 spiro atoms. The van der Waals surface area contributed by atoms with Gasteiger partial charge in [0, 0.05) is 5.41 Å². The molecule has 2 aromatic rings. The molecule has 0 aromatic heterocycles. The van der Waals surface area contributed by atoms with Gasteiger partial charge in [0.1, 0.15) is 5.75 Å². The first-order valence-electron chi connectivity index (χ1n) is 11.2. The van der Waals surface area contributed by atoms with Crippen molar-refractivity contribution in [3.05, 3.63) is 70.8 Å². The lowest BCUT2D eigenvalue weighted by Crippen LogP contribution is -2.49. The minimum absolute atomic E-state index is 0.105. The second kappa shape index (κ2) is 7.00. The molecule has 2 aromatic carbocycles. The van der Waals surface area contributed by atoms with E-state index in [-0.39, 0.29) is 5.41 Å². The number of nitrogens with zero attached hydrogens (tertiary/aromatic N) is 1. The van der Waals surface area contributed by atoms with Crippen molar-refractivity contribution in [2.75, 3.05) is 0 Å². The van der Waals surface area contributed by atoms with Gasteiger partial charge in [0.2, 0.25) is 0 Å². The zero-order valence-electron chi connectivity index (χ0n) is 17.5. The van der Waals surface area contributed by atoms with Gasteiger partial charge in [-0.25, -0.2) is 0 Å². The molecule has 0 saturated heterocycles. The van der Waals surface area contributed by atoms with Crippen molar-refractivity contribution in [2.24, 2.45) is 17.3 Å². The van der Waals surface area contributed by atoms with Crippen molar-refractivity contribution in [2.45, 2.75) is 57.0 Å². The molecule has 5 rings (SSSR count). The van der Waals surface area contributed by atoms with Crippen LogP contribution in [-0.2, 0) is 6.42 Å². The van der Waals surface area contributed by atoms with E-state index in [2.05, 4.69) is 19.1 Å². The molecule has 0 amide bonds. The number of phenolic OH excluding ortho intramolecular Hbond substituents is 1. The van der Waals surface area contributed by atoms with Gasteiger partial charge in [0.15, 0.2) is 0 Å². The summed E-state index contributed by atoms with van der Waals surface area (Å²) in [5.74, 6) is 2.06. The van der Waals surface area contributed by atoms with Crippen LogP contribution in [0, 0.1) is 28.6 Å². The molecule has 154 valence electrons. The molecule has 0 unspecified atom stereocenters. The number of aryl methyl sites for hydroxylation is 1. The van der Waals surface area contributed by atoms with Crippen molar-refractivity contribution < 1.29 is 10.2 Å². The minimum atomic E-state index is -0.786. The highest BCUT2D eigenvalue weighted by Crippen LogP contribution is 2.64. The van der Waals surface area contributed by atoms with E-state index in [1.54, 1.807) is 0 Å². The Balaban J connectivity index is 1.41. The maximum absolute atomic E-state index is 11.8. The Bertz CT molecular complexity index is 1030. The smallest absolute Gasteiger partial charge is 0.115 e. The fourth-order valence-electron chi connectivity index (χ4n) is 6.80. The van der Waals surface area contributed by atoms with Crippen LogP contribution in [0.15, 0.2) is 48.5 Å². The van der Waals surface area contributed by atoms with E-state index in [4.69, 9.17) is 5.26 Å². The molecular weight excluding hydrogens is 370 g/mol. The van der Waals surface area contributed by atoms with Crippen LogP contribution < -0.4 is 0 Å². The van der Waals surface area contributed by atoms with Gasteiger partial charge in [0.05, 0.1) is 17.2 Å². The van der Waals surface area contributed by atoms with Crippen LogP contribution in [-0.4, -0.2) is 15.8 Å². The SMILES string of the molecule is C[C@]12CC[C@@H]3c4ccc(O)cc4CC[C@H]3[C@@H]1CC[C@@]2(O)/C=C/c1ccc(C#N)cc1. The number of hydrogen-bond donors (Lipinski definition) is 2. The molecule has 2 fully saturated rings. The molecule has 30 heavy (non-hydrogen) atoms. The first-order chi connectivity index (χ1) is 14.4. The van der Waals surface area contributed by atoms with E-state index in [1.807, 2.05) is 48.6 Å². The summed E-state index contributed by atoms with van der Waals surface area (Å²) in [7, 11) is 0. The number of rotatable bonds is 2. The van der Waals surface area contributed by atoms with Crippen LogP contribution in [0.5, 0.6) is 5.75 Å². The number of hydrogen-bond acceptors (Lipinski definition) is 3. The third kappa shape index (κ3) is 2.89. The summed E-state index contributed by atoms with van der Waals surface area (Å²) >= 11 is 0. The molecule has 3 heteroatoms. The standard InChI is InChI=1S/C27H29NO2/c1-26-13-11-23-22-9-7-21(29)16-20(22)6-8-24(23)25(26)12-15-27(26,30)14-10-18-2-4-19(17-28)5-3-18/h2-5,7,9-10,14,16,23-25,29-30H,6,8,11-13,15H2,1H3/b14-10+/t23-,24-,25+,26+,27+/m1/s1. The number of phenols is 1. The van der Waals surface area contributed by atoms with Gasteiger partial charge in [-0.2, -0.15) is 5.26 Å². The normalized spacial score (nSPS) is 34.8. The average molecular weight is 400 g/mol. The Hall–Kier alpha value is -2.57. The lowest BCUT2D eigenvalue weighted by molar-refractivity contribution is -0.0705. The van der Waals surface area contributed by atoms with Crippen LogP contribution in [0.2, 0.25) is 0 Å². The summed E-state index contributed by atoms with van der Waals surface area (Å²) in [6.45, 7) is 2.30. The summed E-state index contributed by atoms with van der Waals surface area (Å²) in [6.07, 6.45) is 10.2. The zero-order valence-corrected chi connectivity index (χ0v) is 17.5. The van der Waals surface area contributed by atoms with Crippen molar-refractivity contribution >= 4 is 6.08 Å². The van der Waals surface area contributed by atoms with E-state index < -0.39 is 5.60 Å². The van der Waals surface area contributed by atoms with Gasteiger partial charge in [-0.15, -0.1) is 0 Å². The van der Waals surface area contributed by atoms with Gasteiger partial charge in [0.25, 0.3) is 0 Å². The average Bonchev–Trinajstić information content (AvgIpc) is 3.03. The highest BCUT2D eigenvalue weighted by molar-refractivity contribution is 5.53. The van der Waals surface area contributed by atoms with E-state index in [9.17, 15) is 10.2 Å². The van der Waals surface area contributed by atoms with Crippen LogP contribution in [0.25, 0.3) is 6.08 Å². The van der Waals surface area contributed by atoms with Crippen LogP contribution in [0.1, 0.15) is 67.2 Å². The van der Waals surface area contributed by atoms with E-state index >= 15 is 0 Å². The van der Waals surface area contributed by atoms with Gasteiger partial charge in [-0.3, -0.25) is 0 Å². The third-order valence-electron chi connectivity index (χ3n) is 8.52. The molecule has 2 saturated carbocycles. The number of benzene rings is 2. The van der Waals surface area contributed by atoms with E-state index in [1.165, 1.54) is 11.1 Å². The molecule has 3 aliphatic carbocycles. The topological polar surface area (TPSA) is 64.2 Å². The summed E-state index contributed by atoms with van der Waals surface area (Å²) in [5, 5.41) is 30.6. The minimum Gasteiger partial charge on any atom is -0.508 e. The largest absolute Gasteiger partial charge is 0.508 e. The molecular formula is C27H29NO2. The van der Waals surface area contributed by atoms with Gasteiger partial charge < -0.3 is 10.2 Å². The predicted molar refractivity (Wildman–Crippen MR) is 118 cm³/mol. The van der Waals surface area contributed by atoms with Crippen molar-refractivity contribution in [3.63, 3.8) is 0 Å². The van der Waals surface area contributed by atoms with Gasteiger partial charge >= 0.3 is 0 Å². The number of aliphatic hydroxyl groups is 1. The maximum atomic E-state index is 11.8. The molecule has 3 aliphatic rings. The maximum Gasteiger partial charge on any atom is 0.115 e. The van der Waals surface area contributed by atoms with Crippen molar-refractivity contribution in [1.82, 2.24) is 0 Å². The fourth-order valence-corrected chi connectivity index (χ4v) is 6.80. The lowest BCUT2D eigenvalue weighted by Gasteiger charge is -2.52. The Labute approximate surface area is 178 Å². The third-order valence-corrected chi connectivity index (χ3v) is 8.52. The van der Waals surface area contributed by atoms with E-state index in [0.717, 1.165) is 44.1 Å². The number of fused-ring (bicyclic) bond motifs is 5. The Morgan fingerprint density at radius 2 is 1.87 bits per heavy atom. The van der Waals surface area contributed by atoms with Crippen LogP contribution in [0.3, 0.4) is 0 Å². The summed E-state index contributed by atoms with van der Waals surface area (Å²) in [5.41, 5.74) is 3.53. The van der Waals surface area contributed by atoms with Crippen LogP contribution >= 0.6 is 0 Å². The second-order valence-corrected chi connectivity index (χ2v) is 9.78. The molecule has 0 heterocycles. The van der Waals surface area contributed by atoms with E-state index in [0.29, 0.717) is 29.1 Å². The zero-order chi connectivity index (χ0) is 20.9. The Morgan fingerprint density at radius 3 is 2.63 bits per heavy atom. The fraction of sp³-hybridized carbons (Fsp3) is 0.444. The Morgan fingerprint density at radius 1 is 1.07 bits per heavy atom. The number of aromatic hydroxyl groups is 1. The monoisotopic (exact) mass is 399 g/mol. The van der Waals surface area contributed by atoms with Crippen molar-refractivity contribution in [1.29, 1.82) is 5.26 Å². The highest BCUT2D eigenvalue weighted by atomic mass is 16.3. The van der Waals surface area contributed by atoms with Gasteiger partial charge in [-0.1, -0.05) is 37.3 Å². The lowest BCUT2D eigenvalue weighted by atomic mass is 9.53. The summed E-state index contributed by atoms with van der Waals surface area (Å²) in [4.78, 5) is 0. The van der Waals surface area contributed by atoms with Gasteiger partial charge in [-0.05, 0) is 97.2 Å². The highest BCUT2D eigenvalue weighted by Gasteiger charge is 2.60. The first kappa shape index (κ1) is 19.4. The second-order valence-electron chi connectivity index (χ2n) is 9.78. The molecule has 5 atom stereocenters. The molecule has 0 bridgehead atoms. The summed E-state index contributed by atoms with van der Waals surface area (Å²) in [6, 6.07) is 15.6. The predicted octanol–water partition coefficient (Wildman–Crippen LogP) is 5.56. The first-order valence-corrected chi connectivity index (χ1v) is 11.2. The van der Waals surface area contributed by atoms with Crippen LogP contribution in [0.4, 0.5) is 0 Å². The number of nitriles is 1.